The maximum Gasteiger partial charge on any atom is 0.326 e. The van der Waals surface area contributed by atoms with Crippen LogP contribution in [0.5, 0.6) is 0 Å². The Labute approximate surface area is 206 Å². The number of hydrogen-bond acceptors (Lipinski definition) is 8. The van der Waals surface area contributed by atoms with Gasteiger partial charge in [0.1, 0.15) is 18.1 Å². The second-order valence-electron chi connectivity index (χ2n) is 8.87. The lowest BCUT2D eigenvalue weighted by molar-refractivity contribution is -0.143. The molecule has 0 aromatic rings. The molecule has 4 amide bonds. The van der Waals surface area contributed by atoms with E-state index in [1.165, 1.54) is 0 Å². The summed E-state index contributed by atoms with van der Waals surface area (Å²) in [5, 5.41) is 17.1. The highest BCUT2D eigenvalue weighted by Crippen LogP contribution is 2.08. The molecular weight excluding hydrogens is 458 g/mol. The van der Waals surface area contributed by atoms with Crippen LogP contribution in [0.1, 0.15) is 65.2 Å². The number of hydrogen-bond donors (Lipinski definition) is 8. The molecule has 4 atom stereocenters. The van der Waals surface area contributed by atoms with E-state index in [-0.39, 0.29) is 31.6 Å². The Bertz CT molecular complexity index is 704. The van der Waals surface area contributed by atoms with Gasteiger partial charge in [-0.3, -0.25) is 19.2 Å². The molecule has 0 aromatic heterocycles. The number of nitrogens with two attached hydrogens (primary N) is 4. The average Bonchev–Trinajstić information content (AvgIpc) is 2.78. The summed E-state index contributed by atoms with van der Waals surface area (Å²) in [5.74, 6) is -4.02. The number of rotatable bonds is 19. The van der Waals surface area contributed by atoms with Gasteiger partial charge in [-0.25, -0.2) is 4.79 Å². The Morgan fingerprint density at radius 2 is 1.26 bits per heavy atom. The molecular formula is C22H43N7O6. The SMILES string of the molecule is CC(C)C(NC(=O)C(CCCCN)NC(=O)C(N)CCC(N)=O)C(=O)NC(CCCCN)C(=O)O. The van der Waals surface area contributed by atoms with Crippen molar-refractivity contribution in [3.05, 3.63) is 0 Å². The highest BCUT2D eigenvalue weighted by Gasteiger charge is 2.31. The van der Waals surface area contributed by atoms with E-state index in [1.54, 1.807) is 13.8 Å². The van der Waals surface area contributed by atoms with Crippen LogP contribution in [0, 0.1) is 5.92 Å². The van der Waals surface area contributed by atoms with Gasteiger partial charge >= 0.3 is 5.97 Å². The van der Waals surface area contributed by atoms with E-state index in [0.29, 0.717) is 38.8 Å². The number of primary amides is 1. The van der Waals surface area contributed by atoms with Crippen LogP contribution in [-0.2, 0) is 24.0 Å². The predicted molar refractivity (Wildman–Crippen MR) is 130 cm³/mol. The van der Waals surface area contributed by atoms with Crippen molar-refractivity contribution in [2.45, 2.75) is 89.4 Å². The maximum atomic E-state index is 13.0. The van der Waals surface area contributed by atoms with E-state index in [4.69, 9.17) is 22.9 Å². The summed E-state index contributed by atoms with van der Waals surface area (Å²) >= 11 is 0. The topological polar surface area (TPSA) is 246 Å². The highest BCUT2D eigenvalue weighted by atomic mass is 16.4. The van der Waals surface area contributed by atoms with Crippen LogP contribution in [-0.4, -0.2) is 72.0 Å². The molecule has 0 spiro atoms. The average molecular weight is 502 g/mol. The van der Waals surface area contributed by atoms with Crippen molar-refractivity contribution in [1.82, 2.24) is 16.0 Å². The van der Waals surface area contributed by atoms with Crippen molar-refractivity contribution in [1.29, 1.82) is 0 Å². The normalized spacial score (nSPS) is 14.5. The Hall–Kier alpha value is -2.77. The quantitative estimate of drug-likeness (QED) is 0.0913. The molecule has 4 unspecified atom stereocenters. The number of carboxylic acid groups (broad SMARTS) is 1. The van der Waals surface area contributed by atoms with Crippen molar-refractivity contribution < 1.29 is 29.1 Å². The number of unbranched alkanes of at least 4 members (excludes halogenated alkanes) is 2. The summed E-state index contributed by atoms with van der Waals surface area (Å²) in [7, 11) is 0. The van der Waals surface area contributed by atoms with E-state index in [1.807, 2.05) is 0 Å². The fourth-order valence-corrected chi connectivity index (χ4v) is 3.27. The highest BCUT2D eigenvalue weighted by molar-refractivity contribution is 5.94. The van der Waals surface area contributed by atoms with Gasteiger partial charge in [-0.2, -0.15) is 0 Å². The number of nitrogens with one attached hydrogen (secondary N) is 3. The van der Waals surface area contributed by atoms with Crippen LogP contribution in [0.2, 0.25) is 0 Å². The Balaban J connectivity index is 5.36. The molecule has 0 aliphatic carbocycles. The largest absolute Gasteiger partial charge is 0.480 e. The molecule has 0 aliphatic heterocycles. The van der Waals surface area contributed by atoms with Gasteiger partial charge in [-0.05, 0) is 64.0 Å². The summed E-state index contributed by atoms with van der Waals surface area (Å²) in [5.41, 5.74) is 21.9. The monoisotopic (exact) mass is 501 g/mol. The molecule has 202 valence electrons. The molecule has 0 aliphatic rings. The molecule has 0 bridgehead atoms. The van der Waals surface area contributed by atoms with E-state index in [9.17, 15) is 29.1 Å². The summed E-state index contributed by atoms with van der Waals surface area (Å²) in [6, 6.07) is -4.18. The van der Waals surface area contributed by atoms with E-state index < -0.39 is 53.8 Å². The number of carboxylic acids is 1. The molecule has 0 saturated carbocycles. The zero-order chi connectivity index (χ0) is 27.0. The molecule has 13 nitrogen and oxygen atoms in total. The summed E-state index contributed by atoms with van der Waals surface area (Å²) in [6.07, 6.45) is 2.70. The second kappa shape index (κ2) is 17.6. The fourth-order valence-electron chi connectivity index (χ4n) is 3.27. The lowest BCUT2D eigenvalue weighted by Crippen LogP contribution is -2.58. The van der Waals surface area contributed by atoms with Crippen LogP contribution in [0.4, 0.5) is 0 Å². The van der Waals surface area contributed by atoms with Crippen molar-refractivity contribution in [2.24, 2.45) is 28.9 Å². The van der Waals surface area contributed by atoms with E-state index >= 15 is 0 Å². The van der Waals surface area contributed by atoms with E-state index in [2.05, 4.69) is 16.0 Å². The van der Waals surface area contributed by atoms with Crippen LogP contribution in [0.25, 0.3) is 0 Å². The third-order valence-corrected chi connectivity index (χ3v) is 5.43. The van der Waals surface area contributed by atoms with Gasteiger partial charge in [0.05, 0.1) is 6.04 Å². The van der Waals surface area contributed by atoms with Gasteiger partial charge in [-0.1, -0.05) is 13.8 Å². The smallest absolute Gasteiger partial charge is 0.326 e. The lowest BCUT2D eigenvalue weighted by atomic mass is 10.0. The molecule has 12 N–H and O–H groups in total. The van der Waals surface area contributed by atoms with Crippen LogP contribution in [0.3, 0.4) is 0 Å². The number of carbonyl (C=O) groups excluding carboxylic acids is 4. The van der Waals surface area contributed by atoms with Gasteiger partial charge in [-0.15, -0.1) is 0 Å². The molecule has 0 rings (SSSR count). The molecule has 13 heteroatoms. The zero-order valence-corrected chi connectivity index (χ0v) is 20.8. The van der Waals surface area contributed by atoms with Gasteiger partial charge in [0, 0.05) is 6.42 Å². The third kappa shape index (κ3) is 13.6. The first-order chi connectivity index (χ1) is 16.4. The van der Waals surface area contributed by atoms with Gasteiger partial charge in [0.2, 0.25) is 23.6 Å². The third-order valence-electron chi connectivity index (χ3n) is 5.43. The molecule has 0 heterocycles. The van der Waals surface area contributed by atoms with E-state index in [0.717, 1.165) is 0 Å². The minimum atomic E-state index is -1.18. The first-order valence-corrected chi connectivity index (χ1v) is 12.0. The summed E-state index contributed by atoms with van der Waals surface area (Å²) in [6.45, 7) is 4.22. The van der Waals surface area contributed by atoms with Crippen LogP contribution >= 0.6 is 0 Å². The minimum Gasteiger partial charge on any atom is -0.480 e. The van der Waals surface area contributed by atoms with Crippen molar-refractivity contribution in [3.8, 4) is 0 Å². The number of aliphatic carboxylic acids is 1. The first kappa shape index (κ1) is 32.2. The number of amides is 4. The maximum absolute atomic E-state index is 13.0. The summed E-state index contributed by atoms with van der Waals surface area (Å²) < 4.78 is 0. The minimum absolute atomic E-state index is 0.0239. The molecule has 0 aromatic carbocycles. The van der Waals surface area contributed by atoms with Crippen molar-refractivity contribution in [2.75, 3.05) is 13.1 Å². The Morgan fingerprint density at radius 1 is 0.743 bits per heavy atom. The number of carbonyl (C=O) groups is 5. The second-order valence-corrected chi connectivity index (χ2v) is 8.87. The van der Waals surface area contributed by atoms with Gasteiger partial charge in [0.15, 0.2) is 0 Å². The summed E-state index contributed by atoms with van der Waals surface area (Å²) in [4.78, 5) is 60.8. The van der Waals surface area contributed by atoms with Crippen LogP contribution in [0.15, 0.2) is 0 Å². The molecule has 0 fully saturated rings. The standard InChI is InChI=1S/C22H43N7O6/c1-13(2)18(21(33)28-16(22(34)35)8-4-6-12-24)29-20(32)15(7-3-5-11-23)27-19(31)14(25)9-10-17(26)30/h13-16,18H,3-12,23-25H2,1-2H3,(H2,26,30)(H,27,31)(H,28,33)(H,29,32)(H,34,35). The van der Waals surface area contributed by atoms with Crippen molar-refractivity contribution >= 4 is 29.6 Å². The lowest BCUT2D eigenvalue weighted by Gasteiger charge is -2.27. The fraction of sp³-hybridized carbons (Fsp3) is 0.773. The molecule has 0 saturated heterocycles. The van der Waals surface area contributed by atoms with Gasteiger partial charge in [0.25, 0.3) is 0 Å². The predicted octanol–water partition coefficient (Wildman–Crippen LogP) is -1.97. The molecule has 0 radical (unpaired) electrons. The van der Waals surface area contributed by atoms with Gasteiger partial charge < -0.3 is 44.0 Å². The zero-order valence-electron chi connectivity index (χ0n) is 20.8. The Kier molecular flexibility index (Phi) is 16.2. The van der Waals surface area contributed by atoms with Crippen LogP contribution < -0.4 is 38.9 Å². The first-order valence-electron chi connectivity index (χ1n) is 12.0. The Morgan fingerprint density at radius 3 is 1.71 bits per heavy atom. The molecule has 35 heavy (non-hydrogen) atoms. The van der Waals surface area contributed by atoms with Crippen molar-refractivity contribution in [3.63, 3.8) is 0 Å².